The van der Waals surface area contributed by atoms with Gasteiger partial charge in [-0.3, -0.25) is 14.6 Å². The van der Waals surface area contributed by atoms with Crippen molar-refractivity contribution in [2.75, 3.05) is 52.9 Å². The molecule has 3 rings (SSSR count). The molecule has 162 valence electrons. The lowest BCUT2D eigenvalue weighted by atomic mass is 9.97. The van der Waals surface area contributed by atoms with Crippen LogP contribution in [0.3, 0.4) is 0 Å². The highest BCUT2D eigenvalue weighted by molar-refractivity contribution is 6.30. The van der Waals surface area contributed by atoms with E-state index >= 15 is 0 Å². The van der Waals surface area contributed by atoms with Crippen molar-refractivity contribution >= 4 is 17.5 Å². The van der Waals surface area contributed by atoms with Crippen molar-refractivity contribution in [1.29, 1.82) is 0 Å². The molecular weight excluding hydrogens is 407 g/mol. The summed E-state index contributed by atoms with van der Waals surface area (Å²) in [7, 11) is 1.63. The molecule has 0 saturated carbocycles. The highest BCUT2D eigenvalue weighted by Gasteiger charge is 2.42. The van der Waals surface area contributed by atoms with Crippen molar-refractivity contribution in [2.24, 2.45) is 5.92 Å². The van der Waals surface area contributed by atoms with Gasteiger partial charge in [0.25, 0.3) is 0 Å². The normalized spacial score (nSPS) is 22.0. The number of amides is 1. The maximum absolute atomic E-state index is 13.0. The number of piperidine rings is 1. The van der Waals surface area contributed by atoms with Crippen LogP contribution in [0.15, 0.2) is 18.2 Å². The number of nitrogens with zero attached hydrogens (tertiary/aromatic N) is 3. The number of rotatable bonds is 5. The first-order chi connectivity index (χ1) is 13.8. The van der Waals surface area contributed by atoms with Crippen molar-refractivity contribution in [3.05, 3.63) is 28.8 Å². The lowest BCUT2D eigenvalue weighted by Gasteiger charge is -2.37. The number of carbonyl (C=O) groups excluding carboxylic acids is 1. The van der Waals surface area contributed by atoms with Gasteiger partial charge in [-0.25, -0.2) is 0 Å². The zero-order chi connectivity index (χ0) is 21.0. The van der Waals surface area contributed by atoms with Crippen molar-refractivity contribution in [2.45, 2.75) is 25.6 Å². The maximum Gasteiger partial charge on any atom is 0.393 e. The van der Waals surface area contributed by atoms with Gasteiger partial charge in [-0.1, -0.05) is 11.6 Å². The fraction of sp³-hybridized carbons (Fsp3) is 0.650. The molecule has 0 N–H and O–H groups in total. The summed E-state index contributed by atoms with van der Waals surface area (Å²) in [6.07, 6.45) is -3.71. The Balaban J connectivity index is 1.47. The van der Waals surface area contributed by atoms with Gasteiger partial charge in [0.15, 0.2) is 0 Å². The summed E-state index contributed by atoms with van der Waals surface area (Å²) >= 11 is 6.09. The van der Waals surface area contributed by atoms with E-state index in [2.05, 4.69) is 4.90 Å². The van der Waals surface area contributed by atoms with Crippen molar-refractivity contribution in [1.82, 2.24) is 14.7 Å². The molecule has 2 heterocycles. The Kier molecular flexibility index (Phi) is 7.29. The monoisotopic (exact) mass is 433 g/mol. The van der Waals surface area contributed by atoms with Crippen LogP contribution in [0.1, 0.15) is 18.4 Å². The summed E-state index contributed by atoms with van der Waals surface area (Å²) < 4.78 is 44.3. The highest BCUT2D eigenvalue weighted by Crippen LogP contribution is 2.33. The number of carbonyl (C=O) groups is 1. The van der Waals surface area contributed by atoms with Crippen LogP contribution >= 0.6 is 11.6 Å². The number of benzene rings is 1. The molecule has 5 nitrogen and oxygen atoms in total. The fourth-order valence-corrected chi connectivity index (χ4v) is 4.17. The van der Waals surface area contributed by atoms with Crippen molar-refractivity contribution in [3.8, 4) is 5.75 Å². The molecule has 2 saturated heterocycles. The van der Waals surface area contributed by atoms with Crippen LogP contribution in [0.4, 0.5) is 13.2 Å². The van der Waals surface area contributed by atoms with Crippen LogP contribution < -0.4 is 4.74 Å². The van der Waals surface area contributed by atoms with E-state index in [1.54, 1.807) is 13.2 Å². The molecule has 1 aromatic rings. The lowest BCUT2D eigenvalue weighted by molar-refractivity contribution is -0.188. The van der Waals surface area contributed by atoms with Gasteiger partial charge in [-0.2, -0.15) is 13.2 Å². The number of likely N-dealkylation sites (tertiary alicyclic amines) is 1. The number of hydrogen-bond donors (Lipinski definition) is 0. The zero-order valence-corrected chi connectivity index (χ0v) is 17.3. The second kappa shape index (κ2) is 9.53. The van der Waals surface area contributed by atoms with Crippen molar-refractivity contribution in [3.63, 3.8) is 0 Å². The molecule has 0 bridgehead atoms. The molecule has 1 unspecified atom stereocenters. The second-order valence-corrected chi connectivity index (χ2v) is 8.17. The summed E-state index contributed by atoms with van der Waals surface area (Å²) in [4.78, 5) is 18.2. The average Bonchev–Trinajstić information content (AvgIpc) is 2.69. The summed E-state index contributed by atoms with van der Waals surface area (Å²) in [6, 6.07) is 5.53. The van der Waals surface area contributed by atoms with Gasteiger partial charge < -0.3 is 9.64 Å². The van der Waals surface area contributed by atoms with Gasteiger partial charge in [0.2, 0.25) is 5.91 Å². The quantitative estimate of drug-likeness (QED) is 0.714. The Labute approximate surface area is 174 Å². The third-order valence-electron chi connectivity index (χ3n) is 5.70. The predicted molar refractivity (Wildman–Crippen MR) is 105 cm³/mol. The molecule has 2 aliphatic heterocycles. The average molecular weight is 434 g/mol. The van der Waals surface area contributed by atoms with Crippen LogP contribution in [-0.2, 0) is 11.3 Å². The Morgan fingerprint density at radius 2 is 1.86 bits per heavy atom. The van der Waals surface area contributed by atoms with Gasteiger partial charge in [-0.05, 0) is 31.0 Å². The molecule has 0 aromatic heterocycles. The Morgan fingerprint density at radius 3 is 2.52 bits per heavy atom. The molecule has 2 aliphatic rings. The fourth-order valence-electron chi connectivity index (χ4n) is 3.98. The number of ether oxygens (including phenoxy) is 1. The summed E-state index contributed by atoms with van der Waals surface area (Å²) in [5, 5.41) is 0.656. The number of halogens is 4. The molecule has 0 radical (unpaired) electrons. The standard InChI is InChI=1S/C20H27ClF3N3O2/c1-29-18-5-4-17(21)11-15(18)12-25-7-9-26(10-8-25)14-19(28)27-6-2-3-16(13-27)20(22,23)24/h4-5,11,16H,2-3,6-10,12-14H2,1H3. The smallest absolute Gasteiger partial charge is 0.393 e. The second-order valence-electron chi connectivity index (χ2n) is 7.73. The van der Waals surface area contributed by atoms with Gasteiger partial charge >= 0.3 is 6.18 Å². The van der Waals surface area contributed by atoms with Gasteiger partial charge in [0.05, 0.1) is 19.6 Å². The SMILES string of the molecule is COc1ccc(Cl)cc1CN1CCN(CC(=O)N2CCCC(C(F)(F)F)C2)CC1. The first-order valence-corrected chi connectivity index (χ1v) is 10.3. The van der Waals surface area contributed by atoms with Crippen LogP contribution in [0.25, 0.3) is 0 Å². The van der Waals surface area contributed by atoms with E-state index in [0.29, 0.717) is 37.6 Å². The van der Waals surface area contributed by atoms with Crippen LogP contribution in [-0.4, -0.2) is 79.7 Å². The molecule has 29 heavy (non-hydrogen) atoms. The number of hydrogen-bond acceptors (Lipinski definition) is 4. The number of methoxy groups -OCH3 is 1. The first kappa shape index (κ1) is 22.2. The van der Waals surface area contributed by atoms with Gasteiger partial charge in [0, 0.05) is 56.4 Å². The van der Waals surface area contributed by atoms with E-state index < -0.39 is 12.1 Å². The molecule has 1 aromatic carbocycles. The van der Waals surface area contributed by atoms with Crippen LogP contribution in [0.5, 0.6) is 5.75 Å². The molecule has 0 aliphatic carbocycles. The third kappa shape index (κ3) is 5.99. The largest absolute Gasteiger partial charge is 0.496 e. The Hall–Kier alpha value is -1.51. The minimum atomic E-state index is -4.23. The molecule has 1 atom stereocenters. The molecule has 0 spiro atoms. The molecular formula is C20H27ClF3N3O2. The number of piperazine rings is 1. The minimum Gasteiger partial charge on any atom is -0.496 e. The van der Waals surface area contributed by atoms with Crippen LogP contribution in [0, 0.1) is 5.92 Å². The van der Waals surface area contributed by atoms with E-state index in [4.69, 9.17) is 16.3 Å². The van der Waals surface area contributed by atoms with E-state index in [9.17, 15) is 18.0 Å². The number of alkyl halides is 3. The van der Waals surface area contributed by atoms with E-state index in [1.165, 1.54) is 4.90 Å². The molecule has 1 amide bonds. The van der Waals surface area contributed by atoms with Crippen molar-refractivity contribution < 1.29 is 22.7 Å². The highest BCUT2D eigenvalue weighted by atomic mass is 35.5. The summed E-state index contributed by atoms with van der Waals surface area (Å²) in [5.74, 6) is -0.815. The summed E-state index contributed by atoms with van der Waals surface area (Å²) in [5.41, 5.74) is 1.01. The Morgan fingerprint density at radius 1 is 1.17 bits per heavy atom. The van der Waals surface area contributed by atoms with Gasteiger partial charge in [-0.15, -0.1) is 0 Å². The van der Waals surface area contributed by atoms with Gasteiger partial charge in [0.1, 0.15) is 5.75 Å². The van der Waals surface area contributed by atoms with E-state index in [1.807, 2.05) is 17.0 Å². The van der Waals surface area contributed by atoms with Crippen LogP contribution in [0.2, 0.25) is 5.02 Å². The lowest BCUT2D eigenvalue weighted by Crippen LogP contribution is -2.52. The summed E-state index contributed by atoms with van der Waals surface area (Å²) in [6.45, 7) is 4.03. The minimum absolute atomic E-state index is 0.110. The van der Waals surface area contributed by atoms with E-state index in [0.717, 1.165) is 24.4 Å². The Bertz CT molecular complexity index is 709. The first-order valence-electron chi connectivity index (χ1n) is 9.88. The maximum atomic E-state index is 13.0. The topological polar surface area (TPSA) is 36.0 Å². The van der Waals surface area contributed by atoms with E-state index in [-0.39, 0.29) is 25.4 Å². The molecule has 9 heteroatoms. The third-order valence-corrected chi connectivity index (χ3v) is 5.93. The molecule has 2 fully saturated rings. The predicted octanol–water partition coefficient (Wildman–Crippen LogP) is 3.27. The zero-order valence-electron chi connectivity index (χ0n) is 16.6.